The van der Waals surface area contributed by atoms with Crippen molar-refractivity contribution in [2.75, 3.05) is 13.7 Å². The predicted molar refractivity (Wildman–Crippen MR) is 164 cm³/mol. The van der Waals surface area contributed by atoms with Crippen LogP contribution >= 0.6 is 0 Å². The summed E-state index contributed by atoms with van der Waals surface area (Å²) >= 11 is 0. The van der Waals surface area contributed by atoms with Crippen molar-refractivity contribution in [3.05, 3.63) is 70.9 Å². The van der Waals surface area contributed by atoms with Crippen LogP contribution < -0.4 is 4.74 Å². The first-order valence-electron chi connectivity index (χ1n) is 14.8. The molecule has 1 aromatic heterocycles. The summed E-state index contributed by atoms with van der Waals surface area (Å²) in [5.41, 5.74) is 5.20. The molecule has 0 radical (unpaired) electrons. The number of likely N-dealkylation sites (tertiary alicyclic amines) is 1. The van der Waals surface area contributed by atoms with Gasteiger partial charge in [0, 0.05) is 17.5 Å². The molecule has 2 aromatic carbocycles. The van der Waals surface area contributed by atoms with E-state index >= 15 is 0 Å². The fourth-order valence-corrected chi connectivity index (χ4v) is 6.46. The number of benzene rings is 2. The van der Waals surface area contributed by atoms with Gasteiger partial charge < -0.3 is 14.4 Å². The quantitative estimate of drug-likeness (QED) is 0.309. The number of hydrogen-bond acceptors (Lipinski definition) is 5. The molecular formula is C35H42N2O4. The van der Waals surface area contributed by atoms with Crippen molar-refractivity contribution in [1.29, 1.82) is 0 Å². The lowest BCUT2D eigenvalue weighted by atomic mass is 9.69. The summed E-state index contributed by atoms with van der Waals surface area (Å²) in [6.07, 6.45) is 6.81. The Morgan fingerprint density at radius 3 is 2.34 bits per heavy atom. The van der Waals surface area contributed by atoms with Gasteiger partial charge in [-0.05, 0) is 98.3 Å². The van der Waals surface area contributed by atoms with Crippen molar-refractivity contribution in [1.82, 2.24) is 9.88 Å². The summed E-state index contributed by atoms with van der Waals surface area (Å²) in [6, 6.07) is 16.0. The zero-order valence-corrected chi connectivity index (χ0v) is 25.2. The van der Waals surface area contributed by atoms with Gasteiger partial charge in [0.2, 0.25) is 0 Å². The highest BCUT2D eigenvalue weighted by molar-refractivity contribution is 6.07. The third-order valence-corrected chi connectivity index (χ3v) is 8.91. The second kappa shape index (κ2) is 11.7. The molecule has 1 amide bonds. The van der Waals surface area contributed by atoms with E-state index in [1.54, 1.807) is 7.11 Å². The number of esters is 1. The predicted octanol–water partition coefficient (Wildman–Crippen LogP) is 7.34. The molecule has 0 N–H and O–H groups in total. The minimum absolute atomic E-state index is 0.0139. The average Bonchev–Trinajstić information content (AvgIpc) is 2.94. The topological polar surface area (TPSA) is 68.7 Å². The number of methoxy groups -OCH3 is 1. The Balaban J connectivity index is 1.56. The Morgan fingerprint density at radius 2 is 1.68 bits per heavy atom. The van der Waals surface area contributed by atoms with Crippen LogP contribution in [0.25, 0.3) is 22.6 Å². The van der Waals surface area contributed by atoms with E-state index in [4.69, 9.17) is 14.5 Å². The molecule has 0 spiro atoms. The number of allylic oxidation sites excluding steroid dienone is 1. The van der Waals surface area contributed by atoms with Gasteiger partial charge in [-0.3, -0.25) is 4.79 Å². The molecule has 0 unspecified atom stereocenters. The number of amides is 1. The molecule has 3 atom stereocenters. The molecular weight excluding hydrogens is 512 g/mol. The van der Waals surface area contributed by atoms with Gasteiger partial charge in [-0.15, -0.1) is 0 Å². The molecule has 6 nitrogen and oxygen atoms in total. The number of carbonyl (C=O) groups is 2. The third kappa shape index (κ3) is 6.02. The van der Waals surface area contributed by atoms with Crippen LogP contribution in [0.1, 0.15) is 87.5 Å². The third-order valence-electron chi connectivity index (χ3n) is 8.91. The van der Waals surface area contributed by atoms with E-state index in [0.29, 0.717) is 11.5 Å². The largest absolute Gasteiger partial charge is 0.497 e. The number of ether oxygens (including phenoxy) is 2. The average molecular weight is 555 g/mol. The summed E-state index contributed by atoms with van der Waals surface area (Å²) < 4.78 is 11.2. The number of pyridine rings is 1. The van der Waals surface area contributed by atoms with Crippen molar-refractivity contribution in [2.24, 2.45) is 11.3 Å². The standard InChI is InChI=1S/C35H42N2O4/c1-22-10-9-11-23(2)37(22)31(38)21-41-34(39)32-28-12-7-8-13-30(28)36-33-25(18-24-14-16-27(40-6)17-15-24)19-26(20-29(32)33)35(3,4)5/h7-8,12-18,22-23,26H,9-11,19-21H2,1-6H3/b25-18-/t22-,23-,26-/m0/s1. The van der Waals surface area contributed by atoms with Crippen molar-refractivity contribution in [2.45, 2.75) is 78.8 Å². The van der Waals surface area contributed by atoms with E-state index in [2.05, 4.69) is 40.7 Å². The van der Waals surface area contributed by atoms with Crippen LogP contribution in [0.3, 0.4) is 0 Å². The van der Waals surface area contributed by atoms with Gasteiger partial charge in [0.05, 0.1) is 23.9 Å². The van der Waals surface area contributed by atoms with Gasteiger partial charge in [0.25, 0.3) is 5.91 Å². The molecule has 2 heterocycles. The first-order chi connectivity index (χ1) is 19.6. The Labute approximate surface area is 243 Å². The van der Waals surface area contributed by atoms with Crippen molar-refractivity contribution in [3.63, 3.8) is 0 Å². The maximum absolute atomic E-state index is 13.9. The molecule has 1 aliphatic carbocycles. The van der Waals surface area contributed by atoms with Crippen molar-refractivity contribution >= 4 is 34.4 Å². The number of para-hydroxylation sites is 1. The monoisotopic (exact) mass is 554 g/mol. The molecule has 0 saturated carbocycles. The Bertz CT molecular complexity index is 1460. The van der Waals surface area contributed by atoms with Gasteiger partial charge in [0.1, 0.15) is 5.75 Å². The lowest BCUT2D eigenvalue weighted by Crippen LogP contribution is -2.49. The molecule has 6 heteroatoms. The number of fused-ring (bicyclic) bond motifs is 2. The van der Waals surface area contributed by atoms with Crippen LogP contribution in [0.4, 0.5) is 0 Å². The van der Waals surface area contributed by atoms with Crippen LogP contribution in [0, 0.1) is 11.3 Å². The molecule has 1 aliphatic heterocycles. The highest BCUT2D eigenvalue weighted by Gasteiger charge is 2.36. The highest BCUT2D eigenvalue weighted by Crippen LogP contribution is 2.45. The molecule has 2 aliphatic rings. The molecule has 5 rings (SSSR count). The molecule has 1 saturated heterocycles. The lowest BCUT2D eigenvalue weighted by Gasteiger charge is -2.39. The van der Waals surface area contributed by atoms with E-state index in [0.717, 1.165) is 71.2 Å². The van der Waals surface area contributed by atoms with Gasteiger partial charge in [-0.25, -0.2) is 9.78 Å². The first kappa shape index (κ1) is 28.8. The summed E-state index contributed by atoms with van der Waals surface area (Å²) in [4.78, 5) is 34.1. The number of carbonyl (C=O) groups excluding carboxylic acids is 2. The summed E-state index contributed by atoms with van der Waals surface area (Å²) in [5.74, 6) is 0.522. The number of nitrogens with zero attached hydrogens (tertiary/aromatic N) is 2. The lowest BCUT2D eigenvalue weighted by molar-refractivity contribution is -0.140. The van der Waals surface area contributed by atoms with E-state index < -0.39 is 5.97 Å². The number of piperidine rings is 1. The maximum atomic E-state index is 13.9. The number of rotatable bonds is 5. The summed E-state index contributed by atoms with van der Waals surface area (Å²) in [6.45, 7) is 10.6. The van der Waals surface area contributed by atoms with Gasteiger partial charge in [-0.2, -0.15) is 0 Å². The van der Waals surface area contributed by atoms with Crippen LogP contribution in [0.2, 0.25) is 0 Å². The maximum Gasteiger partial charge on any atom is 0.339 e. The molecule has 0 bridgehead atoms. The molecule has 3 aromatic rings. The van der Waals surface area contributed by atoms with E-state index in [9.17, 15) is 9.59 Å². The van der Waals surface area contributed by atoms with Crippen LogP contribution in [-0.2, 0) is 16.0 Å². The summed E-state index contributed by atoms with van der Waals surface area (Å²) in [7, 11) is 1.66. The zero-order valence-electron chi connectivity index (χ0n) is 25.2. The Hall–Kier alpha value is -3.67. The summed E-state index contributed by atoms with van der Waals surface area (Å²) in [5, 5.41) is 0.766. The number of aromatic nitrogens is 1. The van der Waals surface area contributed by atoms with Crippen LogP contribution in [0.15, 0.2) is 48.5 Å². The number of hydrogen-bond donors (Lipinski definition) is 0. The SMILES string of the molecule is COc1ccc(/C=C2/C[C@H](C(C)(C)C)Cc3c2nc2ccccc2c3C(=O)OCC(=O)N2[C@@H](C)CCC[C@@H]2C)cc1. The molecule has 1 fully saturated rings. The van der Waals surface area contributed by atoms with Crippen molar-refractivity contribution < 1.29 is 19.1 Å². The van der Waals surface area contributed by atoms with Gasteiger partial charge in [-0.1, -0.05) is 51.1 Å². The zero-order chi connectivity index (χ0) is 29.3. The Morgan fingerprint density at radius 1 is 1.00 bits per heavy atom. The first-order valence-corrected chi connectivity index (χ1v) is 14.8. The van der Waals surface area contributed by atoms with E-state index in [1.165, 1.54) is 0 Å². The van der Waals surface area contributed by atoms with Gasteiger partial charge >= 0.3 is 5.97 Å². The fraction of sp³-hybridized carbons (Fsp3) is 0.457. The fourth-order valence-electron chi connectivity index (χ4n) is 6.46. The minimum Gasteiger partial charge on any atom is -0.497 e. The van der Waals surface area contributed by atoms with Crippen LogP contribution in [-0.4, -0.2) is 47.6 Å². The molecule has 216 valence electrons. The Kier molecular flexibility index (Phi) is 8.21. The smallest absolute Gasteiger partial charge is 0.339 e. The second-order valence-corrected chi connectivity index (χ2v) is 12.8. The van der Waals surface area contributed by atoms with E-state index in [1.807, 2.05) is 53.4 Å². The van der Waals surface area contributed by atoms with E-state index in [-0.39, 0.29) is 30.0 Å². The second-order valence-electron chi connectivity index (χ2n) is 12.8. The van der Waals surface area contributed by atoms with Crippen LogP contribution in [0.5, 0.6) is 5.75 Å². The normalized spacial score (nSPS) is 22.0. The minimum atomic E-state index is -0.455. The highest BCUT2D eigenvalue weighted by atomic mass is 16.5. The van der Waals surface area contributed by atoms with Crippen molar-refractivity contribution in [3.8, 4) is 5.75 Å². The van der Waals surface area contributed by atoms with Gasteiger partial charge in [0.15, 0.2) is 6.61 Å². The molecule has 41 heavy (non-hydrogen) atoms.